The molecule has 2 nitrogen and oxygen atoms in total. The largest absolute Gasteiger partial charge is 0.228 e. The molecule has 0 N–H and O–H groups in total. The maximum Gasteiger partial charge on any atom is 0.160 e. The maximum absolute atomic E-state index is 5.29. The molecule has 0 spiro atoms. The Kier molecular flexibility index (Phi) is 7.53. The summed E-state index contributed by atoms with van der Waals surface area (Å²) in [5.41, 5.74) is 12.0. The zero-order valence-electron chi connectivity index (χ0n) is 27.4. The molecule has 234 valence electrons. The fourth-order valence-corrected chi connectivity index (χ4v) is 7.22. The van der Waals surface area contributed by atoms with Gasteiger partial charge in [-0.1, -0.05) is 182 Å². The van der Waals surface area contributed by atoms with Crippen molar-refractivity contribution in [2.24, 2.45) is 0 Å². The van der Waals surface area contributed by atoms with Gasteiger partial charge in [-0.3, -0.25) is 0 Å². The van der Waals surface area contributed by atoms with Crippen molar-refractivity contribution in [2.75, 3.05) is 0 Å². The predicted molar refractivity (Wildman–Crippen MR) is 210 cm³/mol. The molecule has 9 aromatic rings. The van der Waals surface area contributed by atoms with Crippen molar-refractivity contribution in [3.8, 4) is 67.3 Å². The third-order valence-corrected chi connectivity index (χ3v) is 9.49. The lowest BCUT2D eigenvalue weighted by Gasteiger charge is -2.18. The van der Waals surface area contributed by atoms with E-state index in [1.165, 1.54) is 38.2 Å². The average molecular weight is 637 g/mol. The lowest BCUT2D eigenvalue weighted by molar-refractivity contribution is 1.18. The summed E-state index contributed by atoms with van der Waals surface area (Å²) in [6, 6.07) is 68.6. The average Bonchev–Trinajstić information content (AvgIpc) is 3.20. The Morgan fingerprint density at radius 2 is 0.680 bits per heavy atom. The number of nitrogens with zero attached hydrogens (tertiary/aromatic N) is 2. The van der Waals surface area contributed by atoms with Crippen molar-refractivity contribution >= 4 is 21.5 Å². The molecule has 0 saturated heterocycles. The monoisotopic (exact) mass is 636 g/mol. The highest BCUT2D eigenvalue weighted by molar-refractivity contribution is 6.21. The highest BCUT2D eigenvalue weighted by atomic mass is 14.9. The summed E-state index contributed by atoms with van der Waals surface area (Å²) in [4.78, 5) is 10.5. The van der Waals surface area contributed by atoms with Crippen molar-refractivity contribution < 1.29 is 0 Å². The zero-order chi connectivity index (χ0) is 33.3. The van der Waals surface area contributed by atoms with Crippen LogP contribution in [0.5, 0.6) is 0 Å². The molecule has 9 rings (SSSR count). The Balaban J connectivity index is 1.26. The van der Waals surface area contributed by atoms with Crippen LogP contribution in [-0.4, -0.2) is 9.97 Å². The molecule has 0 saturated carbocycles. The van der Waals surface area contributed by atoms with Crippen molar-refractivity contribution in [2.45, 2.75) is 0 Å². The van der Waals surface area contributed by atoms with Crippen LogP contribution in [0.2, 0.25) is 0 Å². The van der Waals surface area contributed by atoms with E-state index in [0.29, 0.717) is 5.82 Å². The van der Waals surface area contributed by atoms with E-state index in [2.05, 4.69) is 188 Å². The van der Waals surface area contributed by atoms with Crippen LogP contribution in [0.15, 0.2) is 194 Å². The second-order valence-electron chi connectivity index (χ2n) is 12.5. The zero-order valence-corrected chi connectivity index (χ0v) is 27.4. The van der Waals surface area contributed by atoms with Gasteiger partial charge in [0.1, 0.15) is 0 Å². The molecule has 0 amide bonds. The van der Waals surface area contributed by atoms with Gasteiger partial charge in [-0.05, 0) is 67.1 Å². The van der Waals surface area contributed by atoms with Gasteiger partial charge in [0.15, 0.2) is 5.82 Å². The van der Waals surface area contributed by atoms with Crippen LogP contribution in [0.25, 0.3) is 88.8 Å². The summed E-state index contributed by atoms with van der Waals surface area (Å²) in [6.45, 7) is 0. The molecule has 2 heteroatoms. The number of hydrogen-bond acceptors (Lipinski definition) is 2. The fraction of sp³-hybridized carbons (Fsp3) is 0. The minimum atomic E-state index is 0.695. The van der Waals surface area contributed by atoms with Crippen LogP contribution in [0, 0.1) is 0 Å². The smallest absolute Gasteiger partial charge is 0.160 e. The summed E-state index contributed by atoms with van der Waals surface area (Å²) in [7, 11) is 0. The fourth-order valence-electron chi connectivity index (χ4n) is 7.22. The highest BCUT2D eigenvalue weighted by Crippen LogP contribution is 2.44. The molecule has 1 aromatic heterocycles. The Labute approximate surface area is 292 Å². The molecule has 0 bridgehead atoms. The van der Waals surface area contributed by atoms with Crippen molar-refractivity contribution in [3.05, 3.63) is 194 Å². The summed E-state index contributed by atoms with van der Waals surface area (Å²) in [5, 5.41) is 4.91. The van der Waals surface area contributed by atoms with Crippen LogP contribution in [-0.2, 0) is 0 Å². The van der Waals surface area contributed by atoms with Crippen LogP contribution < -0.4 is 0 Å². The van der Waals surface area contributed by atoms with E-state index in [1.807, 2.05) is 6.07 Å². The van der Waals surface area contributed by atoms with Gasteiger partial charge in [-0.15, -0.1) is 0 Å². The molecule has 0 atom stereocenters. The first-order valence-corrected chi connectivity index (χ1v) is 17.0. The molecule has 0 unspecified atom stereocenters. The first-order valence-electron chi connectivity index (χ1n) is 17.0. The van der Waals surface area contributed by atoms with Crippen molar-refractivity contribution in [1.82, 2.24) is 9.97 Å². The number of hydrogen-bond donors (Lipinski definition) is 0. The maximum atomic E-state index is 5.29. The standard InChI is InChI=1S/C48H32N2/c1-4-17-33(18-5-1)38-25-10-11-26-39(38)45-32-44(34-19-6-2-7-20-34)49-48(50-45)37-24-16-23-36(31-37)47-42-29-14-12-27-40(42)46(35-21-8-3-9-22-35)41-28-13-15-30-43(41)47/h1-32H. The molecule has 0 aliphatic rings. The van der Waals surface area contributed by atoms with Crippen LogP contribution in [0.4, 0.5) is 0 Å². The van der Waals surface area contributed by atoms with Gasteiger partial charge in [-0.2, -0.15) is 0 Å². The molecular weight excluding hydrogens is 605 g/mol. The topological polar surface area (TPSA) is 25.8 Å². The lowest BCUT2D eigenvalue weighted by Crippen LogP contribution is -1.97. The van der Waals surface area contributed by atoms with Crippen LogP contribution in [0.3, 0.4) is 0 Å². The van der Waals surface area contributed by atoms with Crippen molar-refractivity contribution in [3.63, 3.8) is 0 Å². The molecule has 0 aliphatic heterocycles. The number of rotatable bonds is 6. The Hall–Kier alpha value is -6.64. The number of fused-ring (bicyclic) bond motifs is 2. The van der Waals surface area contributed by atoms with Crippen molar-refractivity contribution in [1.29, 1.82) is 0 Å². The van der Waals surface area contributed by atoms with E-state index in [0.717, 1.165) is 44.8 Å². The molecule has 50 heavy (non-hydrogen) atoms. The second-order valence-corrected chi connectivity index (χ2v) is 12.5. The van der Waals surface area contributed by atoms with E-state index >= 15 is 0 Å². The van der Waals surface area contributed by atoms with Gasteiger partial charge in [0.05, 0.1) is 11.4 Å². The van der Waals surface area contributed by atoms with Gasteiger partial charge in [0, 0.05) is 16.7 Å². The summed E-state index contributed by atoms with van der Waals surface area (Å²) >= 11 is 0. The van der Waals surface area contributed by atoms with Gasteiger partial charge in [-0.25, -0.2) is 9.97 Å². The van der Waals surface area contributed by atoms with Gasteiger partial charge in [0.25, 0.3) is 0 Å². The molecule has 1 heterocycles. The first-order chi connectivity index (χ1) is 24.8. The van der Waals surface area contributed by atoms with Gasteiger partial charge < -0.3 is 0 Å². The van der Waals surface area contributed by atoms with Gasteiger partial charge in [0.2, 0.25) is 0 Å². The molecular formula is C48H32N2. The molecule has 8 aromatic carbocycles. The van der Waals surface area contributed by atoms with Crippen LogP contribution in [0.1, 0.15) is 0 Å². The quantitative estimate of drug-likeness (QED) is 0.170. The molecule has 0 aliphatic carbocycles. The van der Waals surface area contributed by atoms with Gasteiger partial charge >= 0.3 is 0 Å². The summed E-state index contributed by atoms with van der Waals surface area (Å²) in [5.74, 6) is 0.695. The van der Waals surface area contributed by atoms with E-state index in [1.54, 1.807) is 0 Å². The third kappa shape index (κ3) is 5.34. The molecule has 0 radical (unpaired) electrons. The highest BCUT2D eigenvalue weighted by Gasteiger charge is 2.18. The Bertz CT molecular complexity index is 2570. The lowest BCUT2D eigenvalue weighted by atomic mass is 9.85. The van der Waals surface area contributed by atoms with E-state index in [9.17, 15) is 0 Å². The SMILES string of the molecule is c1ccc(-c2cc(-c3ccccc3-c3ccccc3)nc(-c3cccc(-c4c5ccccc5c(-c5ccccc5)c5ccccc45)c3)n2)cc1. The van der Waals surface area contributed by atoms with E-state index in [-0.39, 0.29) is 0 Å². The minimum Gasteiger partial charge on any atom is -0.228 e. The predicted octanol–water partition coefficient (Wildman–Crippen LogP) is 12.8. The van der Waals surface area contributed by atoms with E-state index < -0.39 is 0 Å². The summed E-state index contributed by atoms with van der Waals surface area (Å²) < 4.78 is 0. The number of benzene rings is 8. The normalized spacial score (nSPS) is 11.2. The Morgan fingerprint density at radius 1 is 0.260 bits per heavy atom. The summed E-state index contributed by atoms with van der Waals surface area (Å²) in [6.07, 6.45) is 0. The first kappa shape index (κ1) is 29.5. The third-order valence-electron chi connectivity index (χ3n) is 9.49. The minimum absolute atomic E-state index is 0.695. The van der Waals surface area contributed by atoms with Crippen LogP contribution >= 0.6 is 0 Å². The Morgan fingerprint density at radius 3 is 1.28 bits per heavy atom. The molecule has 0 fully saturated rings. The number of aromatic nitrogens is 2. The second kappa shape index (κ2) is 12.8. The van der Waals surface area contributed by atoms with E-state index in [4.69, 9.17) is 9.97 Å².